The lowest BCUT2D eigenvalue weighted by molar-refractivity contribution is 0.176. The van der Waals surface area contributed by atoms with Gasteiger partial charge < -0.3 is 5.73 Å². The quantitative estimate of drug-likeness (QED) is 0.781. The Bertz CT molecular complexity index is 461. The topological polar surface area (TPSA) is 63.4 Å². The van der Waals surface area contributed by atoms with Gasteiger partial charge in [-0.2, -0.15) is 0 Å². The molecular formula is C11H16N2O2S. The van der Waals surface area contributed by atoms with E-state index in [0.29, 0.717) is 13.1 Å². The van der Waals surface area contributed by atoms with Gasteiger partial charge in [-0.05, 0) is 17.7 Å². The predicted molar refractivity (Wildman–Crippen MR) is 64.8 cm³/mol. The Labute approximate surface area is 96.0 Å². The van der Waals surface area contributed by atoms with Crippen LogP contribution in [0.15, 0.2) is 24.3 Å². The van der Waals surface area contributed by atoms with Crippen molar-refractivity contribution in [1.29, 1.82) is 0 Å². The maximum Gasteiger partial charge on any atom is 0.152 e. The Morgan fingerprint density at radius 2 is 1.88 bits per heavy atom. The SMILES string of the molecule is CS(=O)(=O)C1CN(Cc2ccc(N)cc2)C1. The normalized spacial score (nSPS) is 18.3. The van der Waals surface area contributed by atoms with Crippen molar-refractivity contribution >= 4 is 15.5 Å². The van der Waals surface area contributed by atoms with Gasteiger partial charge in [0.25, 0.3) is 0 Å². The van der Waals surface area contributed by atoms with Crippen molar-refractivity contribution in [3.63, 3.8) is 0 Å². The minimum absolute atomic E-state index is 0.179. The molecule has 0 aromatic heterocycles. The summed E-state index contributed by atoms with van der Waals surface area (Å²) in [5, 5.41) is -0.179. The molecule has 0 atom stereocenters. The van der Waals surface area contributed by atoms with Crippen molar-refractivity contribution in [2.24, 2.45) is 0 Å². The summed E-state index contributed by atoms with van der Waals surface area (Å²) >= 11 is 0. The van der Waals surface area contributed by atoms with E-state index in [0.717, 1.165) is 12.2 Å². The van der Waals surface area contributed by atoms with Crippen molar-refractivity contribution in [3.05, 3.63) is 29.8 Å². The number of benzene rings is 1. The number of anilines is 1. The summed E-state index contributed by atoms with van der Waals surface area (Å²) in [6, 6.07) is 7.68. The van der Waals surface area contributed by atoms with Crippen LogP contribution < -0.4 is 5.73 Å². The number of nitrogens with zero attached hydrogens (tertiary/aromatic N) is 1. The van der Waals surface area contributed by atoms with Crippen LogP contribution in [0.25, 0.3) is 0 Å². The average Bonchev–Trinajstić information content (AvgIpc) is 2.11. The van der Waals surface area contributed by atoms with E-state index in [4.69, 9.17) is 5.73 Å². The number of sulfone groups is 1. The number of nitrogens with two attached hydrogens (primary N) is 1. The maximum absolute atomic E-state index is 11.2. The second-order valence-corrected chi connectivity index (χ2v) is 6.71. The molecule has 0 amide bonds. The van der Waals surface area contributed by atoms with Crippen LogP contribution in [0.4, 0.5) is 5.69 Å². The Hall–Kier alpha value is -1.07. The van der Waals surface area contributed by atoms with Crippen LogP contribution in [0, 0.1) is 0 Å². The van der Waals surface area contributed by atoms with Crippen LogP contribution in [-0.2, 0) is 16.4 Å². The minimum Gasteiger partial charge on any atom is -0.399 e. The zero-order chi connectivity index (χ0) is 11.8. The van der Waals surface area contributed by atoms with Crippen molar-refractivity contribution in [3.8, 4) is 0 Å². The molecule has 88 valence electrons. The number of rotatable bonds is 3. The molecule has 1 saturated heterocycles. The van der Waals surface area contributed by atoms with Gasteiger partial charge in [0.1, 0.15) is 0 Å². The van der Waals surface area contributed by atoms with Gasteiger partial charge in [-0.15, -0.1) is 0 Å². The molecule has 1 heterocycles. The van der Waals surface area contributed by atoms with Crippen LogP contribution in [-0.4, -0.2) is 37.9 Å². The number of hydrogen-bond donors (Lipinski definition) is 1. The molecule has 1 aromatic rings. The van der Waals surface area contributed by atoms with E-state index in [1.807, 2.05) is 24.3 Å². The van der Waals surface area contributed by atoms with Crippen molar-refractivity contribution in [1.82, 2.24) is 4.90 Å². The van der Waals surface area contributed by atoms with Crippen molar-refractivity contribution in [2.75, 3.05) is 25.1 Å². The molecule has 1 aliphatic heterocycles. The van der Waals surface area contributed by atoms with E-state index in [1.54, 1.807) is 0 Å². The number of hydrogen-bond acceptors (Lipinski definition) is 4. The summed E-state index contributed by atoms with van der Waals surface area (Å²) in [6.07, 6.45) is 1.30. The molecule has 1 fully saturated rings. The van der Waals surface area contributed by atoms with Crippen LogP contribution >= 0.6 is 0 Å². The zero-order valence-corrected chi connectivity index (χ0v) is 10.1. The van der Waals surface area contributed by atoms with E-state index in [1.165, 1.54) is 11.8 Å². The van der Waals surface area contributed by atoms with E-state index in [-0.39, 0.29) is 5.25 Å². The lowest BCUT2D eigenvalue weighted by Gasteiger charge is -2.37. The van der Waals surface area contributed by atoms with E-state index < -0.39 is 9.84 Å². The van der Waals surface area contributed by atoms with Crippen molar-refractivity contribution in [2.45, 2.75) is 11.8 Å². The van der Waals surface area contributed by atoms with Gasteiger partial charge in [0, 0.05) is 31.6 Å². The third-order valence-electron chi connectivity index (χ3n) is 2.92. The molecular weight excluding hydrogens is 224 g/mol. The fourth-order valence-electron chi connectivity index (χ4n) is 1.80. The highest BCUT2D eigenvalue weighted by Gasteiger charge is 2.33. The summed E-state index contributed by atoms with van der Waals surface area (Å²) < 4.78 is 22.4. The second-order valence-electron chi connectivity index (χ2n) is 4.39. The molecule has 16 heavy (non-hydrogen) atoms. The predicted octanol–water partition coefficient (Wildman–Crippen LogP) is 0.498. The molecule has 0 saturated carbocycles. The largest absolute Gasteiger partial charge is 0.399 e. The first-order valence-corrected chi connectivity index (χ1v) is 7.16. The van der Waals surface area contributed by atoms with Crippen LogP contribution in [0.1, 0.15) is 5.56 Å². The third kappa shape index (κ3) is 2.54. The highest BCUT2D eigenvalue weighted by molar-refractivity contribution is 7.91. The van der Waals surface area contributed by atoms with Crippen LogP contribution in [0.2, 0.25) is 0 Å². The molecule has 2 rings (SSSR count). The minimum atomic E-state index is -2.86. The highest BCUT2D eigenvalue weighted by Crippen LogP contribution is 2.18. The Kier molecular flexibility index (Phi) is 2.90. The molecule has 0 bridgehead atoms. The summed E-state index contributed by atoms with van der Waals surface area (Å²) in [5.74, 6) is 0. The first-order valence-electron chi connectivity index (χ1n) is 5.21. The molecule has 0 spiro atoms. The van der Waals surface area contributed by atoms with Gasteiger partial charge >= 0.3 is 0 Å². The molecule has 0 radical (unpaired) electrons. The van der Waals surface area contributed by atoms with Crippen LogP contribution in [0.5, 0.6) is 0 Å². The fraction of sp³-hybridized carbons (Fsp3) is 0.455. The summed E-state index contributed by atoms with van der Waals surface area (Å²) in [7, 11) is -2.86. The maximum atomic E-state index is 11.2. The summed E-state index contributed by atoms with van der Waals surface area (Å²) in [6.45, 7) is 2.08. The monoisotopic (exact) mass is 240 g/mol. The molecule has 1 aliphatic rings. The molecule has 5 heteroatoms. The summed E-state index contributed by atoms with van der Waals surface area (Å²) in [5.41, 5.74) is 7.51. The van der Waals surface area contributed by atoms with Gasteiger partial charge in [0.2, 0.25) is 0 Å². The van der Waals surface area contributed by atoms with E-state index >= 15 is 0 Å². The third-order valence-corrected chi connectivity index (χ3v) is 4.42. The second kappa shape index (κ2) is 4.07. The first-order chi connectivity index (χ1) is 7.45. The standard InChI is InChI=1S/C11H16N2O2S/c1-16(14,15)11-7-13(8-11)6-9-2-4-10(12)5-3-9/h2-5,11H,6-8,12H2,1H3. The lowest BCUT2D eigenvalue weighted by atomic mass is 10.1. The molecule has 4 nitrogen and oxygen atoms in total. The molecule has 1 aromatic carbocycles. The average molecular weight is 240 g/mol. The first kappa shape index (κ1) is 11.4. The number of likely N-dealkylation sites (tertiary alicyclic amines) is 1. The Morgan fingerprint density at radius 1 is 1.31 bits per heavy atom. The van der Waals surface area contributed by atoms with E-state index in [2.05, 4.69) is 4.90 Å². The van der Waals surface area contributed by atoms with Gasteiger partial charge in [0.15, 0.2) is 9.84 Å². The van der Waals surface area contributed by atoms with Gasteiger partial charge in [-0.3, -0.25) is 4.90 Å². The smallest absolute Gasteiger partial charge is 0.152 e. The number of nitrogen functional groups attached to an aromatic ring is 1. The highest BCUT2D eigenvalue weighted by atomic mass is 32.2. The van der Waals surface area contributed by atoms with Gasteiger partial charge in [-0.1, -0.05) is 12.1 Å². The zero-order valence-electron chi connectivity index (χ0n) is 9.26. The van der Waals surface area contributed by atoms with Gasteiger partial charge in [0.05, 0.1) is 5.25 Å². The van der Waals surface area contributed by atoms with Crippen molar-refractivity contribution < 1.29 is 8.42 Å². The van der Waals surface area contributed by atoms with Crippen LogP contribution in [0.3, 0.4) is 0 Å². The van der Waals surface area contributed by atoms with Gasteiger partial charge in [-0.25, -0.2) is 8.42 Å². The fourth-order valence-corrected chi connectivity index (χ4v) is 2.77. The Morgan fingerprint density at radius 3 is 2.38 bits per heavy atom. The molecule has 0 aliphatic carbocycles. The lowest BCUT2D eigenvalue weighted by Crippen LogP contribution is -2.53. The molecule has 0 unspecified atom stereocenters. The molecule has 2 N–H and O–H groups in total. The van der Waals surface area contributed by atoms with E-state index in [9.17, 15) is 8.42 Å². The Balaban J connectivity index is 1.88. The summed E-state index contributed by atoms with van der Waals surface area (Å²) in [4.78, 5) is 2.12.